The van der Waals surface area contributed by atoms with Crippen molar-refractivity contribution in [2.24, 2.45) is 7.05 Å². The Morgan fingerprint density at radius 1 is 1.27 bits per heavy atom. The summed E-state index contributed by atoms with van der Waals surface area (Å²) >= 11 is 0. The molecule has 0 aliphatic heterocycles. The monoisotopic (exact) mass is 323 g/mol. The van der Waals surface area contributed by atoms with Crippen LogP contribution in [0.4, 0.5) is 5.69 Å². The number of fused-ring (bicyclic) bond motifs is 1. The highest BCUT2D eigenvalue weighted by Gasteiger charge is 2.24. The number of nitrogens with zero attached hydrogens (tertiary/aromatic N) is 2. The van der Waals surface area contributed by atoms with Crippen LogP contribution < -0.4 is 10.5 Å². The molecule has 116 valence electrons. The van der Waals surface area contributed by atoms with Gasteiger partial charge in [0.25, 0.3) is 10.0 Å². The van der Waals surface area contributed by atoms with Gasteiger partial charge in [0.05, 0.1) is 11.2 Å². The van der Waals surface area contributed by atoms with Gasteiger partial charge in [0.15, 0.2) is 16.2 Å². The van der Waals surface area contributed by atoms with Crippen molar-refractivity contribution in [1.82, 2.24) is 9.72 Å². The molecule has 0 amide bonds. The third-order valence-corrected chi connectivity index (χ3v) is 4.91. The summed E-state index contributed by atoms with van der Waals surface area (Å²) < 4.78 is 38.5. The molecular formula is C13H13N3O5S. The Kier molecular flexibility index (Phi) is 3.10. The molecule has 0 atom stereocenters. The molecule has 0 saturated carbocycles. The second-order valence-corrected chi connectivity index (χ2v) is 6.49. The number of aromatic nitrogens is 2. The lowest BCUT2D eigenvalue weighted by atomic mass is 10.3. The summed E-state index contributed by atoms with van der Waals surface area (Å²) in [6, 6.07) is 4.60. The first kappa shape index (κ1) is 14.4. The van der Waals surface area contributed by atoms with E-state index in [0.717, 1.165) is 0 Å². The first-order valence-electron chi connectivity index (χ1n) is 6.35. The van der Waals surface area contributed by atoms with Crippen molar-refractivity contribution >= 4 is 26.8 Å². The minimum absolute atomic E-state index is 0.00195. The van der Waals surface area contributed by atoms with Crippen LogP contribution in [-0.2, 0) is 17.1 Å². The van der Waals surface area contributed by atoms with Crippen molar-refractivity contribution in [2.45, 2.75) is 18.7 Å². The van der Waals surface area contributed by atoms with Crippen LogP contribution in [0.5, 0.6) is 0 Å². The van der Waals surface area contributed by atoms with Crippen molar-refractivity contribution in [3.8, 4) is 0 Å². The fourth-order valence-corrected chi connectivity index (χ4v) is 3.64. The minimum Gasteiger partial charge on any atom is -0.408 e. The van der Waals surface area contributed by atoms with Gasteiger partial charge in [-0.3, -0.25) is 9.29 Å². The second kappa shape index (κ2) is 4.73. The van der Waals surface area contributed by atoms with Gasteiger partial charge < -0.3 is 8.94 Å². The van der Waals surface area contributed by atoms with Crippen LogP contribution >= 0.6 is 0 Å². The Hall–Kier alpha value is -2.55. The van der Waals surface area contributed by atoms with Gasteiger partial charge in [-0.2, -0.15) is 0 Å². The van der Waals surface area contributed by atoms with Gasteiger partial charge in [0, 0.05) is 13.1 Å². The Labute approximate surface area is 125 Å². The van der Waals surface area contributed by atoms with Crippen LogP contribution in [0.25, 0.3) is 11.1 Å². The Morgan fingerprint density at radius 2 is 2.00 bits per heavy atom. The van der Waals surface area contributed by atoms with Gasteiger partial charge in [-0.15, -0.1) is 0 Å². The number of rotatable bonds is 3. The minimum atomic E-state index is -3.84. The standard InChI is InChI=1S/C13H13N3O5S/c1-7-12(8(2)21-14-7)22(18,19)15-9-4-5-10-11(6-9)20-13(17)16(10)3/h4-6,15H,1-3H3. The summed E-state index contributed by atoms with van der Waals surface area (Å²) in [5.41, 5.74) is 1.43. The summed E-state index contributed by atoms with van der Waals surface area (Å²) in [4.78, 5) is 11.4. The molecule has 0 radical (unpaired) electrons. The normalized spacial score (nSPS) is 12.0. The van der Waals surface area contributed by atoms with Crippen LogP contribution in [0.3, 0.4) is 0 Å². The number of hydrogen-bond donors (Lipinski definition) is 1. The molecule has 3 rings (SSSR count). The number of oxazole rings is 1. The average molecular weight is 323 g/mol. The van der Waals surface area contributed by atoms with Gasteiger partial charge >= 0.3 is 5.76 Å². The molecule has 0 fully saturated rings. The molecule has 1 aromatic carbocycles. The highest BCUT2D eigenvalue weighted by atomic mass is 32.2. The number of anilines is 1. The molecule has 1 N–H and O–H groups in total. The van der Waals surface area contributed by atoms with Crippen LogP contribution in [0, 0.1) is 13.8 Å². The van der Waals surface area contributed by atoms with Gasteiger partial charge in [-0.05, 0) is 26.0 Å². The van der Waals surface area contributed by atoms with Gasteiger partial charge in [0.1, 0.15) is 5.69 Å². The summed E-state index contributed by atoms with van der Waals surface area (Å²) in [6.07, 6.45) is 0. The topological polar surface area (TPSA) is 107 Å². The number of benzene rings is 1. The predicted octanol–water partition coefficient (Wildman–Crippen LogP) is 1.54. The van der Waals surface area contributed by atoms with Crippen molar-refractivity contribution in [3.63, 3.8) is 0 Å². The molecule has 8 nitrogen and oxygen atoms in total. The summed E-state index contributed by atoms with van der Waals surface area (Å²) in [5, 5.41) is 3.63. The van der Waals surface area contributed by atoms with Crippen molar-refractivity contribution < 1.29 is 17.4 Å². The van der Waals surface area contributed by atoms with E-state index in [1.54, 1.807) is 26.1 Å². The zero-order valence-electron chi connectivity index (χ0n) is 12.1. The quantitative estimate of drug-likeness (QED) is 0.783. The molecule has 0 aliphatic rings. The zero-order valence-corrected chi connectivity index (χ0v) is 12.9. The molecule has 2 heterocycles. The molecular weight excluding hydrogens is 310 g/mol. The average Bonchev–Trinajstić information content (AvgIpc) is 2.90. The second-order valence-electron chi connectivity index (χ2n) is 4.87. The van der Waals surface area contributed by atoms with E-state index in [0.29, 0.717) is 11.1 Å². The molecule has 2 aromatic heterocycles. The third kappa shape index (κ3) is 2.19. The van der Waals surface area contributed by atoms with Crippen molar-refractivity contribution in [3.05, 3.63) is 40.2 Å². The number of hydrogen-bond acceptors (Lipinski definition) is 6. The first-order valence-corrected chi connectivity index (χ1v) is 7.83. The van der Waals surface area contributed by atoms with Crippen LogP contribution in [0.2, 0.25) is 0 Å². The van der Waals surface area contributed by atoms with Crippen LogP contribution in [0.1, 0.15) is 11.5 Å². The van der Waals surface area contributed by atoms with E-state index in [2.05, 4.69) is 9.88 Å². The molecule has 0 spiro atoms. The SMILES string of the molecule is Cc1noc(C)c1S(=O)(=O)Nc1ccc2c(c1)oc(=O)n2C. The lowest BCUT2D eigenvalue weighted by Gasteiger charge is -2.07. The Bertz CT molecular complexity index is 1010. The van der Waals surface area contributed by atoms with Crippen molar-refractivity contribution in [2.75, 3.05) is 4.72 Å². The maximum atomic E-state index is 12.4. The maximum absolute atomic E-state index is 12.4. The van der Waals surface area contributed by atoms with Gasteiger partial charge in [-0.25, -0.2) is 13.2 Å². The number of nitrogens with one attached hydrogen (secondary N) is 1. The maximum Gasteiger partial charge on any atom is 0.419 e. The largest absolute Gasteiger partial charge is 0.419 e. The third-order valence-electron chi connectivity index (χ3n) is 3.28. The van der Waals surface area contributed by atoms with E-state index in [1.165, 1.54) is 17.6 Å². The molecule has 3 aromatic rings. The van der Waals surface area contributed by atoms with Gasteiger partial charge in [0.2, 0.25) is 0 Å². The highest BCUT2D eigenvalue weighted by molar-refractivity contribution is 7.92. The summed E-state index contributed by atoms with van der Waals surface area (Å²) in [5.74, 6) is -0.307. The van der Waals surface area contributed by atoms with Crippen LogP contribution in [-0.4, -0.2) is 18.1 Å². The van der Waals surface area contributed by atoms with E-state index in [-0.39, 0.29) is 22.0 Å². The van der Waals surface area contributed by atoms with E-state index >= 15 is 0 Å². The fraction of sp³-hybridized carbons (Fsp3) is 0.231. The molecule has 0 unspecified atom stereocenters. The van der Waals surface area contributed by atoms with Gasteiger partial charge in [-0.1, -0.05) is 5.16 Å². The van der Waals surface area contributed by atoms with Crippen LogP contribution in [0.15, 0.2) is 36.8 Å². The Balaban J connectivity index is 2.04. The molecule has 0 bridgehead atoms. The summed E-state index contributed by atoms with van der Waals surface area (Å²) in [6.45, 7) is 3.07. The van der Waals surface area contributed by atoms with E-state index in [1.807, 2.05) is 0 Å². The molecule has 0 aliphatic carbocycles. The van der Waals surface area contributed by atoms with E-state index in [4.69, 9.17) is 8.94 Å². The molecule has 0 saturated heterocycles. The molecule has 9 heteroatoms. The lowest BCUT2D eigenvalue weighted by Crippen LogP contribution is -2.14. The smallest absolute Gasteiger partial charge is 0.408 e. The number of sulfonamides is 1. The lowest BCUT2D eigenvalue weighted by molar-refractivity contribution is 0.390. The zero-order chi connectivity index (χ0) is 16.1. The molecule has 22 heavy (non-hydrogen) atoms. The summed E-state index contributed by atoms with van der Waals surface area (Å²) in [7, 11) is -2.26. The number of aryl methyl sites for hydroxylation is 3. The Morgan fingerprint density at radius 3 is 2.64 bits per heavy atom. The van der Waals surface area contributed by atoms with E-state index in [9.17, 15) is 13.2 Å². The first-order chi connectivity index (χ1) is 10.3. The van der Waals surface area contributed by atoms with Crippen molar-refractivity contribution in [1.29, 1.82) is 0 Å². The highest BCUT2D eigenvalue weighted by Crippen LogP contribution is 2.24. The van der Waals surface area contributed by atoms with E-state index < -0.39 is 15.8 Å². The fourth-order valence-electron chi connectivity index (χ4n) is 2.26. The predicted molar refractivity (Wildman–Crippen MR) is 78.2 cm³/mol.